The molecule has 0 amide bonds. The average molecular weight is 317 g/mol. The topological polar surface area (TPSA) is 75.9 Å². The number of hydrogen-bond donors (Lipinski definition) is 2. The first-order valence-corrected chi connectivity index (χ1v) is 8.19. The fourth-order valence-electron chi connectivity index (χ4n) is 3.81. The number of likely N-dealkylation sites (N-methyl/N-ethyl adjacent to an activating group) is 1. The monoisotopic (exact) mass is 317 g/mol. The molecule has 0 aromatic heterocycles. The van der Waals surface area contributed by atoms with E-state index < -0.39 is 5.92 Å². The van der Waals surface area contributed by atoms with Gasteiger partial charge in [-0.1, -0.05) is 23.8 Å². The minimum absolute atomic E-state index is 0.0349. The number of hydrogen-bond acceptors (Lipinski definition) is 3. The van der Waals surface area contributed by atoms with Crippen molar-refractivity contribution in [3.05, 3.63) is 52.1 Å². The molecule has 3 rings (SSSR count). The van der Waals surface area contributed by atoms with Crippen molar-refractivity contribution in [1.82, 2.24) is 0 Å². The Morgan fingerprint density at radius 1 is 1.25 bits per heavy atom. The maximum atomic E-state index is 9.74. The van der Waals surface area contributed by atoms with Crippen molar-refractivity contribution in [3.8, 4) is 12.1 Å². The summed E-state index contributed by atoms with van der Waals surface area (Å²) in [5.41, 5.74) is 5.75. The predicted octanol–water partition coefficient (Wildman–Crippen LogP) is 1.82. The summed E-state index contributed by atoms with van der Waals surface area (Å²) in [7, 11) is 2.13. The van der Waals surface area contributed by atoms with E-state index in [0.29, 0.717) is 5.57 Å². The Kier molecular flexibility index (Phi) is 4.09. The van der Waals surface area contributed by atoms with Gasteiger partial charge < -0.3 is 10.3 Å². The van der Waals surface area contributed by atoms with Crippen LogP contribution in [0, 0.1) is 53.8 Å². The molecule has 0 radical (unpaired) electrons. The maximum absolute atomic E-state index is 9.74. The summed E-state index contributed by atoms with van der Waals surface area (Å²) >= 11 is 0. The van der Waals surface area contributed by atoms with Crippen LogP contribution in [0.2, 0.25) is 0 Å². The Morgan fingerprint density at radius 2 is 2.00 bits per heavy atom. The van der Waals surface area contributed by atoms with E-state index in [9.17, 15) is 10.5 Å². The van der Waals surface area contributed by atoms with Gasteiger partial charge in [0.25, 0.3) is 0 Å². The van der Waals surface area contributed by atoms with E-state index in [1.54, 1.807) is 0 Å². The van der Waals surface area contributed by atoms with Crippen molar-refractivity contribution in [2.75, 3.05) is 20.1 Å². The van der Waals surface area contributed by atoms with Gasteiger partial charge in [0.05, 0.1) is 43.4 Å². The first-order valence-electron chi connectivity index (χ1n) is 8.19. The molecule has 3 atom stereocenters. The molecule has 0 saturated carbocycles. The van der Waals surface area contributed by atoms with Crippen molar-refractivity contribution in [1.29, 1.82) is 15.9 Å². The quantitative estimate of drug-likeness (QED) is 0.775. The molecule has 2 aliphatic rings. The lowest BCUT2D eigenvalue weighted by Crippen LogP contribution is -3.10. The van der Waals surface area contributed by atoms with Gasteiger partial charge in [-0.2, -0.15) is 10.5 Å². The molecule has 1 aliphatic carbocycles. The van der Waals surface area contributed by atoms with Crippen molar-refractivity contribution < 1.29 is 4.90 Å². The van der Waals surface area contributed by atoms with Gasteiger partial charge in [-0.05, 0) is 42.2 Å². The van der Waals surface area contributed by atoms with E-state index in [-0.39, 0.29) is 11.6 Å². The molecule has 120 valence electrons. The molecule has 4 heteroatoms. The SMILES string of the molecule is Cc1ccc(C)c(C2=C(C#N)C(=N)C(C#N)C3=CC[NH+](C)C[C@@H]32)c1. The Balaban J connectivity index is 2.31. The second kappa shape index (κ2) is 6.07. The molecule has 1 aliphatic heterocycles. The molecule has 1 aromatic rings. The molecule has 2 N–H and O–H groups in total. The van der Waals surface area contributed by atoms with Gasteiger partial charge in [-0.25, -0.2) is 0 Å². The van der Waals surface area contributed by atoms with Crippen LogP contribution in [0.4, 0.5) is 0 Å². The van der Waals surface area contributed by atoms with Crippen LogP contribution in [0.15, 0.2) is 35.4 Å². The van der Waals surface area contributed by atoms with E-state index in [1.165, 1.54) is 4.90 Å². The third-order valence-corrected chi connectivity index (χ3v) is 5.07. The highest BCUT2D eigenvalue weighted by molar-refractivity contribution is 6.14. The highest BCUT2D eigenvalue weighted by Crippen LogP contribution is 2.42. The van der Waals surface area contributed by atoms with E-state index in [0.717, 1.165) is 40.9 Å². The molecule has 1 heterocycles. The first kappa shape index (κ1) is 16.2. The Labute approximate surface area is 142 Å². The number of benzene rings is 1. The van der Waals surface area contributed by atoms with Gasteiger partial charge in [0, 0.05) is 0 Å². The van der Waals surface area contributed by atoms with Crippen molar-refractivity contribution >= 4 is 11.3 Å². The second-order valence-corrected chi connectivity index (χ2v) is 6.82. The minimum atomic E-state index is -0.591. The number of quaternary nitrogens is 1. The Morgan fingerprint density at radius 3 is 2.67 bits per heavy atom. The molecule has 4 nitrogen and oxygen atoms in total. The number of fused-ring (bicyclic) bond motifs is 1. The number of nitrogens with zero attached hydrogens (tertiary/aromatic N) is 2. The fourth-order valence-corrected chi connectivity index (χ4v) is 3.81. The van der Waals surface area contributed by atoms with Gasteiger partial charge >= 0.3 is 0 Å². The van der Waals surface area contributed by atoms with Gasteiger partial charge in [-0.3, -0.25) is 0 Å². The molecule has 0 spiro atoms. The fraction of sp³-hybridized carbons (Fsp3) is 0.350. The predicted molar refractivity (Wildman–Crippen MR) is 93.5 cm³/mol. The summed E-state index contributed by atoms with van der Waals surface area (Å²) in [6.45, 7) is 5.79. The summed E-state index contributed by atoms with van der Waals surface area (Å²) in [4.78, 5) is 1.36. The second-order valence-electron chi connectivity index (χ2n) is 6.82. The summed E-state index contributed by atoms with van der Waals surface area (Å²) < 4.78 is 0. The van der Waals surface area contributed by atoms with Crippen LogP contribution < -0.4 is 4.90 Å². The van der Waals surface area contributed by atoms with Crippen LogP contribution in [0.1, 0.15) is 16.7 Å². The highest BCUT2D eigenvalue weighted by Gasteiger charge is 2.41. The molecule has 0 fully saturated rings. The lowest BCUT2D eigenvalue weighted by Gasteiger charge is -2.37. The average Bonchev–Trinajstić information content (AvgIpc) is 2.56. The smallest absolute Gasteiger partial charge is 0.111 e. The standard InChI is InChI=1S/C20H20N4/c1-12-4-5-13(2)15(8-12)19-17(10-22)20(23)16(9-21)14-6-7-24(3)11-18(14)19/h4-6,8,16,18,23H,7,11H2,1-3H3/p+1/t16?,18-/m0/s1. The first-order chi connectivity index (χ1) is 11.5. The zero-order chi connectivity index (χ0) is 17.4. The van der Waals surface area contributed by atoms with Gasteiger partial charge in [-0.15, -0.1) is 0 Å². The molecular formula is C20H21N4+. The van der Waals surface area contributed by atoms with Crippen LogP contribution >= 0.6 is 0 Å². The van der Waals surface area contributed by atoms with E-state index in [2.05, 4.69) is 43.5 Å². The van der Waals surface area contributed by atoms with Gasteiger partial charge in [0.2, 0.25) is 0 Å². The zero-order valence-electron chi connectivity index (χ0n) is 14.3. The van der Waals surface area contributed by atoms with E-state index >= 15 is 0 Å². The number of rotatable bonds is 1. The summed E-state index contributed by atoms with van der Waals surface area (Å²) in [6, 6.07) is 10.7. The normalized spacial score (nSPS) is 26.3. The summed E-state index contributed by atoms with van der Waals surface area (Å²) in [5, 5.41) is 27.7. The van der Waals surface area contributed by atoms with E-state index in [1.807, 2.05) is 13.8 Å². The van der Waals surface area contributed by atoms with Crippen LogP contribution in [0.5, 0.6) is 0 Å². The Hall–Kier alpha value is -2.69. The minimum Gasteiger partial charge on any atom is -0.333 e. The zero-order valence-corrected chi connectivity index (χ0v) is 14.3. The largest absolute Gasteiger partial charge is 0.333 e. The van der Waals surface area contributed by atoms with Crippen LogP contribution in [-0.2, 0) is 0 Å². The van der Waals surface area contributed by atoms with E-state index in [4.69, 9.17) is 5.41 Å². The summed E-state index contributed by atoms with van der Waals surface area (Å²) in [5.74, 6) is -0.556. The maximum Gasteiger partial charge on any atom is 0.111 e. The highest BCUT2D eigenvalue weighted by atomic mass is 15.1. The number of aryl methyl sites for hydroxylation is 2. The third kappa shape index (κ3) is 2.46. The number of nitrogens with one attached hydrogen (secondary N) is 2. The molecule has 24 heavy (non-hydrogen) atoms. The van der Waals surface area contributed by atoms with Crippen LogP contribution in [0.3, 0.4) is 0 Å². The number of allylic oxidation sites excluding steroid dienone is 1. The van der Waals surface area contributed by atoms with Crippen molar-refractivity contribution in [2.45, 2.75) is 13.8 Å². The molecule has 1 aromatic carbocycles. The van der Waals surface area contributed by atoms with Crippen LogP contribution in [-0.4, -0.2) is 25.8 Å². The molecular weight excluding hydrogens is 296 g/mol. The van der Waals surface area contributed by atoms with Crippen molar-refractivity contribution in [3.63, 3.8) is 0 Å². The lowest BCUT2D eigenvalue weighted by atomic mass is 9.68. The Bertz CT molecular complexity index is 861. The molecule has 0 saturated heterocycles. The van der Waals surface area contributed by atoms with Gasteiger partial charge in [0.1, 0.15) is 12.0 Å². The lowest BCUT2D eigenvalue weighted by molar-refractivity contribution is -0.877. The number of nitriles is 2. The third-order valence-electron chi connectivity index (χ3n) is 5.07. The van der Waals surface area contributed by atoms with Crippen LogP contribution in [0.25, 0.3) is 5.57 Å². The molecule has 0 bridgehead atoms. The van der Waals surface area contributed by atoms with Gasteiger partial charge in [0.15, 0.2) is 0 Å². The summed E-state index contributed by atoms with van der Waals surface area (Å²) in [6.07, 6.45) is 2.10. The molecule has 2 unspecified atom stereocenters. The van der Waals surface area contributed by atoms with Crippen molar-refractivity contribution in [2.24, 2.45) is 11.8 Å².